The molecule has 3 amide bonds. The van der Waals surface area contributed by atoms with Gasteiger partial charge in [0.15, 0.2) is 0 Å². The number of amides is 3. The first-order chi connectivity index (χ1) is 19.8. The van der Waals surface area contributed by atoms with E-state index in [2.05, 4.69) is 20.9 Å². The van der Waals surface area contributed by atoms with Crippen LogP contribution in [0.4, 0.5) is 4.79 Å². The van der Waals surface area contributed by atoms with Gasteiger partial charge in [-0.3, -0.25) is 14.6 Å². The van der Waals surface area contributed by atoms with Crippen molar-refractivity contribution in [2.24, 2.45) is 23.7 Å². The Morgan fingerprint density at radius 3 is 2.31 bits per heavy atom. The fourth-order valence-electron chi connectivity index (χ4n) is 5.59. The lowest BCUT2D eigenvalue weighted by Gasteiger charge is -2.33. The van der Waals surface area contributed by atoms with E-state index in [9.17, 15) is 19.5 Å². The van der Waals surface area contributed by atoms with Gasteiger partial charge >= 0.3 is 6.09 Å². The first-order valence-corrected chi connectivity index (χ1v) is 16.0. The van der Waals surface area contributed by atoms with E-state index in [1.54, 1.807) is 27.0 Å². The van der Waals surface area contributed by atoms with Crippen molar-refractivity contribution in [2.45, 2.75) is 130 Å². The van der Waals surface area contributed by atoms with Crippen molar-refractivity contribution in [1.82, 2.24) is 20.9 Å². The van der Waals surface area contributed by atoms with Gasteiger partial charge in [-0.05, 0) is 63.5 Å². The van der Waals surface area contributed by atoms with Crippen LogP contribution in [0.1, 0.15) is 106 Å². The summed E-state index contributed by atoms with van der Waals surface area (Å²) in [6.45, 7) is 13.7. The molecular weight excluding hydrogens is 532 g/mol. The molecule has 0 aliphatic heterocycles. The van der Waals surface area contributed by atoms with Gasteiger partial charge in [-0.25, -0.2) is 4.79 Å². The smallest absolute Gasteiger partial charge is 0.407 e. The average Bonchev–Trinajstić information content (AvgIpc) is 2.93. The number of nitrogens with zero attached hydrogens (tertiary/aromatic N) is 1. The summed E-state index contributed by atoms with van der Waals surface area (Å²) in [6, 6.07) is 4.46. The molecule has 0 radical (unpaired) electrons. The van der Waals surface area contributed by atoms with E-state index in [-0.39, 0.29) is 30.1 Å². The number of ether oxygens (including phenoxy) is 1. The molecule has 4 N–H and O–H groups in total. The third-order valence-electron chi connectivity index (χ3n) is 8.32. The monoisotopic (exact) mass is 588 g/mol. The number of carbonyl (C=O) groups excluding carboxylic acids is 3. The summed E-state index contributed by atoms with van der Waals surface area (Å²) in [4.78, 5) is 43.8. The Hall–Kier alpha value is -2.68. The number of aromatic nitrogens is 1. The summed E-state index contributed by atoms with van der Waals surface area (Å²) >= 11 is 0. The highest BCUT2D eigenvalue weighted by atomic mass is 16.6. The zero-order valence-corrected chi connectivity index (χ0v) is 26.9. The van der Waals surface area contributed by atoms with Crippen molar-refractivity contribution in [2.75, 3.05) is 6.54 Å². The Balaban J connectivity index is 2.10. The van der Waals surface area contributed by atoms with E-state index in [1.807, 2.05) is 45.9 Å². The molecule has 1 heterocycles. The van der Waals surface area contributed by atoms with Crippen LogP contribution in [0.5, 0.6) is 0 Å². The van der Waals surface area contributed by atoms with Crippen LogP contribution in [0.3, 0.4) is 0 Å². The summed E-state index contributed by atoms with van der Waals surface area (Å²) in [5, 5.41) is 20.3. The Bertz CT molecular complexity index is 959. The number of aliphatic hydroxyl groups excluding tert-OH is 1. The van der Waals surface area contributed by atoms with E-state index in [0.717, 1.165) is 37.8 Å². The number of hydrogen-bond donors (Lipinski definition) is 4. The lowest BCUT2D eigenvalue weighted by atomic mass is 9.81. The molecule has 9 heteroatoms. The number of hydrogen-bond acceptors (Lipinski definition) is 6. The maximum atomic E-state index is 13.6. The second-order valence-corrected chi connectivity index (χ2v) is 13.4. The normalized spacial score (nSPS) is 17.9. The molecule has 0 saturated heterocycles. The highest BCUT2D eigenvalue weighted by Crippen LogP contribution is 2.30. The standard InChI is InChI=1S/C33H56N4O5/c1-8-23(4)29(31(40)35-19-17-25-16-12-13-18-34-25)37-30(39)26(22(2)3)21-28(38)27(20-24-14-10-9-11-15-24)36-32(41)42-33(5,6)7/h12-13,16,18,22-24,26-29,38H,8-11,14-15,17,19-21H2,1-7H3,(H,35,40)(H,36,41)(H,37,39)/t23?,26-,27+,28+,29?/m1/s1. The van der Waals surface area contributed by atoms with E-state index in [4.69, 9.17) is 4.74 Å². The minimum Gasteiger partial charge on any atom is -0.444 e. The number of rotatable bonds is 15. The third kappa shape index (κ3) is 12.7. The maximum absolute atomic E-state index is 13.6. The van der Waals surface area contributed by atoms with Gasteiger partial charge in [-0.15, -0.1) is 0 Å². The predicted octanol–water partition coefficient (Wildman–Crippen LogP) is 5.16. The van der Waals surface area contributed by atoms with Crippen molar-refractivity contribution >= 4 is 17.9 Å². The fraction of sp³-hybridized carbons (Fsp3) is 0.758. The van der Waals surface area contributed by atoms with Crippen LogP contribution in [0.15, 0.2) is 24.4 Å². The molecule has 1 saturated carbocycles. The highest BCUT2D eigenvalue weighted by molar-refractivity contribution is 5.88. The van der Waals surface area contributed by atoms with Gasteiger partial charge < -0.3 is 25.8 Å². The Morgan fingerprint density at radius 2 is 1.74 bits per heavy atom. The van der Waals surface area contributed by atoms with Gasteiger partial charge in [0.05, 0.1) is 12.1 Å². The molecular formula is C33H56N4O5. The first-order valence-electron chi connectivity index (χ1n) is 16.0. The number of pyridine rings is 1. The van der Waals surface area contributed by atoms with Crippen molar-refractivity contribution in [1.29, 1.82) is 0 Å². The Kier molecular flexibility index (Phi) is 14.7. The largest absolute Gasteiger partial charge is 0.444 e. The molecule has 0 bridgehead atoms. The predicted molar refractivity (Wildman–Crippen MR) is 166 cm³/mol. The molecule has 0 aromatic carbocycles. The topological polar surface area (TPSA) is 130 Å². The van der Waals surface area contributed by atoms with Gasteiger partial charge in [0, 0.05) is 30.8 Å². The minimum absolute atomic E-state index is 0.0746. The van der Waals surface area contributed by atoms with Gasteiger partial charge in [0.25, 0.3) is 0 Å². The van der Waals surface area contributed by atoms with Crippen LogP contribution >= 0.6 is 0 Å². The fourth-order valence-corrected chi connectivity index (χ4v) is 5.59. The maximum Gasteiger partial charge on any atom is 0.407 e. The van der Waals surface area contributed by atoms with Crippen molar-refractivity contribution < 1.29 is 24.2 Å². The molecule has 0 spiro atoms. The number of carbonyl (C=O) groups is 3. The van der Waals surface area contributed by atoms with Crippen LogP contribution < -0.4 is 16.0 Å². The lowest BCUT2D eigenvalue weighted by molar-refractivity contribution is -0.134. The van der Waals surface area contributed by atoms with E-state index in [1.165, 1.54) is 6.42 Å². The van der Waals surface area contributed by atoms with Crippen LogP contribution in [-0.2, 0) is 20.7 Å². The van der Waals surface area contributed by atoms with Crippen LogP contribution in [-0.4, -0.2) is 58.3 Å². The van der Waals surface area contributed by atoms with E-state index >= 15 is 0 Å². The van der Waals surface area contributed by atoms with Crippen LogP contribution in [0, 0.1) is 23.7 Å². The molecule has 2 unspecified atom stereocenters. The van der Waals surface area contributed by atoms with Crippen molar-refractivity contribution in [3.05, 3.63) is 30.1 Å². The van der Waals surface area contributed by atoms with Gasteiger partial charge in [0.1, 0.15) is 11.6 Å². The minimum atomic E-state index is -0.938. The number of nitrogens with one attached hydrogen (secondary N) is 3. The summed E-state index contributed by atoms with van der Waals surface area (Å²) in [7, 11) is 0. The first kappa shape index (κ1) is 35.5. The quantitative estimate of drug-likeness (QED) is 0.224. The number of alkyl carbamates (subject to hydrolysis) is 1. The zero-order valence-electron chi connectivity index (χ0n) is 26.9. The molecule has 1 aliphatic rings. The molecule has 2 rings (SSSR count). The second-order valence-electron chi connectivity index (χ2n) is 13.4. The van der Waals surface area contributed by atoms with Crippen molar-refractivity contribution in [3.8, 4) is 0 Å². The summed E-state index contributed by atoms with van der Waals surface area (Å²) in [5.41, 5.74) is 0.229. The number of aliphatic hydroxyl groups is 1. The van der Waals surface area contributed by atoms with Crippen LogP contribution in [0.25, 0.3) is 0 Å². The lowest BCUT2D eigenvalue weighted by Crippen LogP contribution is -2.53. The Labute approximate surface area is 253 Å². The molecule has 1 fully saturated rings. The zero-order chi connectivity index (χ0) is 31.3. The molecule has 238 valence electrons. The average molecular weight is 589 g/mol. The SMILES string of the molecule is CCC(C)C(NC(=O)[C@H](C[C@H](O)[C@H](CC1CCCCC1)NC(=O)OC(C)(C)C)C(C)C)C(=O)NCCc1ccccn1. The Morgan fingerprint density at radius 1 is 1.05 bits per heavy atom. The highest BCUT2D eigenvalue weighted by Gasteiger charge is 2.35. The summed E-state index contributed by atoms with van der Waals surface area (Å²) < 4.78 is 5.50. The summed E-state index contributed by atoms with van der Waals surface area (Å²) in [5.74, 6) is -0.775. The van der Waals surface area contributed by atoms with Gasteiger partial charge in [-0.2, -0.15) is 0 Å². The van der Waals surface area contributed by atoms with Gasteiger partial charge in [-0.1, -0.05) is 72.3 Å². The molecule has 1 aliphatic carbocycles. The van der Waals surface area contributed by atoms with Crippen LogP contribution in [0.2, 0.25) is 0 Å². The van der Waals surface area contributed by atoms with Gasteiger partial charge in [0.2, 0.25) is 11.8 Å². The molecule has 9 nitrogen and oxygen atoms in total. The second kappa shape index (κ2) is 17.4. The molecule has 5 atom stereocenters. The van der Waals surface area contributed by atoms with E-state index < -0.39 is 35.8 Å². The summed E-state index contributed by atoms with van der Waals surface area (Å²) in [6.07, 6.45) is 8.01. The molecule has 42 heavy (non-hydrogen) atoms. The molecule has 1 aromatic heterocycles. The molecule has 1 aromatic rings. The third-order valence-corrected chi connectivity index (χ3v) is 8.32. The van der Waals surface area contributed by atoms with E-state index in [0.29, 0.717) is 25.3 Å². The van der Waals surface area contributed by atoms with Crippen molar-refractivity contribution in [3.63, 3.8) is 0 Å².